The molecule has 1 saturated carbocycles. The molecule has 1 aromatic heterocycles. The Morgan fingerprint density at radius 1 is 1.33 bits per heavy atom. The maximum atomic E-state index is 4.67. The van der Waals surface area contributed by atoms with Crippen LogP contribution in [0.3, 0.4) is 0 Å². The molecule has 3 heteroatoms. The number of nitrogens with zero attached hydrogens (tertiary/aromatic N) is 2. The van der Waals surface area contributed by atoms with E-state index in [4.69, 9.17) is 0 Å². The van der Waals surface area contributed by atoms with Crippen LogP contribution in [0.5, 0.6) is 0 Å². The summed E-state index contributed by atoms with van der Waals surface area (Å²) in [6, 6.07) is 0.584. The molecule has 0 unspecified atom stereocenters. The molecule has 0 aliphatic heterocycles. The molecule has 1 aliphatic carbocycles. The summed E-state index contributed by atoms with van der Waals surface area (Å²) in [7, 11) is 0. The van der Waals surface area contributed by atoms with E-state index >= 15 is 0 Å². The first-order chi connectivity index (χ1) is 8.81. The molecule has 0 spiro atoms. The molecule has 1 aliphatic rings. The molecule has 1 aromatic rings. The van der Waals surface area contributed by atoms with Gasteiger partial charge in [-0.25, -0.2) is 0 Å². The van der Waals surface area contributed by atoms with Gasteiger partial charge in [-0.1, -0.05) is 20.8 Å². The van der Waals surface area contributed by atoms with E-state index < -0.39 is 0 Å². The minimum Gasteiger partial charge on any atom is -0.313 e. The second-order valence-corrected chi connectivity index (χ2v) is 5.42. The smallest absolute Gasteiger partial charge is 0.0537 e. The molecule has 0 bridgehead atoms. The Hall–Kier alpha value is -0.830. The van der Waals surface area contributed by atoms with E-state index in [-0.39, 0.29) is 0 Å². The van der Waals surface area contributed by atoms with E-state index in [1.54, 1.807) is 0 Å². The van der Waals surface area contributed by atoms with Crippen LogP contribution in [0, 0.1) is 0 Å². The van der Waals surface area contributed by atoms with Crippen molar-refractivity contribution in [3.05, 3.63) is 17.5 Å². The van der Waals surface area contributed by atoms with Gasteiger partial charge in [-0.15, -0.1) is 0 Å². The van der Waals surface area contributed by atoms with E-state index in [1.165, 1.54) is 43.4 Å². The predicted octanol–water partition coefficient (Wildman–Crippen LogP) is 3.62. The molecule has 1 N–H and O–H groups in total. The van der Waals surface area contributed by atoms with Crippen LogP contribution in [0.1, 0.15) is 76.1 Å². The summed E-state index contributed by atoms with van der Waals surface area (Å²) in [5.74, 6) is 0.784. The molecule has 0 radical (unpaired) electrons. The number of rotatable bonds is 8. The Bertz CT molecular complexity index is 362. The van der Waals surface area contributed by atoms with Crippen LogP contribution in [0.4, 0.5) is 0 Å². The summed E-state index contributed by atoms with van der Waals surface area (Å²) in [5.41, 5.74) is 2.95. The fourth-order valence-electron chi connectivity index (χ4n) is 2.67. The van der Waals surface area contributed by atoms with Gasteiger partial charge in [0.15, 0.2) is 0 Å². The third kappa shape index (κ3) is 2.94. The highest BCUT2D eigenvalue weighted by molar-refractivity contribution is 5.26. The zero-order chi connectivity index (χ0) is 13.0. The highest BCUT2D eigenvalue weighted by atomic mass is 15.3. The fourth-order valence-corrected chi connectivity index (χ4v) is 2.67. The predicted molar refractivity (Wildman–Crippen MR) is 75.8 cm³/mol. The Labute approximate surface area is 111 Å². The molecule has 102 valence electrons. The second-order valence-electron chi connectivity index (χ2n) is 5.42. The van der Waals surface area contributed by atoms with Crippen LogP contribution in [0.15, 0.2) is 6.20 Å². The molecular weight excluding hydrogens is 222 g/mol. The van der Waals surface area contributed by atoms with Gasteiger partial charge in [0, 0.05) is 23.7 Å². The summed E-state index contributed by atoms with van der Waals surface area (Å²) in [6.45, 7) is 8.82. The summed E-state index contributed by atoms with van der Waals surface area (Å²) in [4.78, 5) is 0. The van der Waals surface area contributed by atoms with Crippen LogP contribution in [0.25, 0.3) is 0 Å². The molecular formula is C15H27N3. The van der Waals surface area contributed by atoms with Crippen LogP contribution < -0.4 is 5.32 Å². The second kappa shape index (κ2) is 6.37. The van der Waals surface area contributed by atoms with Crippen molar-refractivity contribution in [3.8, 4) is 0 Å². The van der Waals surface area contributed by atoms with Gasteiger partial charge >= 0.3 is 0 Å². The maximum Gasteiger partial charge on any atom is 0.0537 e. The Kier molecular flexibility index (Phi) is 4.81. The third-order valence-corrected chi connectivity index (χ3v) is 3.91. The lowest BCUT2D eigenvalue weighted by Crippen LogP contribution is -2.16. The molecule has 0 amide bonds. The lowest BCUT2D eigenvalue weighted by Gasteiger charge is -2.17. The Morgan fingerprint density at radius 2 is 2.06 bits per heavy atom. The first-order valence-electron chi connectivity index (χ1n) is 7.58. The minimum atomic E-state index is 0.584. The van der Waals surface area contributed by atoms with Crippen molar-refractivity contribution in [1.29, 1.82) is 0 Å². The monoisotopic (exact) mass is 249 g/mol. The average Bonchev–Trinajstić information content (AvgIpc) is 3.14. The molecule has 0 aromatic carbocycles. The summed E-state index contributed by atoms with van der Waals surface area (Å²) >= 11 is 0. The summed E-state index contributed by atoms with van der Waals surface area (Å²) in [6.07, 6.45) is 8.35. The SMILES string of the molecule is CCCNCc1cnn(C(CC)CC)c1C1CC1. The highest BCUT2D eigenvalue weighted by Gasteiger charge is 2.31. The largest absolute Gasteiger partial charge is 0.313 e. The molecule has 18 heavy (non-hydrogen) atoms. The van der Waals surface area contributed by atoms with Crippen LogP contribution in [-0.4, -0.2) is 16.3 Å². The van der Waals surface area contributed by atoms with Gasteiger partial charge in [0.25, 0.3) is 0 Å². The van der Waals surface area contributed by atoms with Crippen molar-refractivity contribution in [2.75, 3.05) is 6.54 Å². The average molecular weight is 249 g/mol. The molecule has 0 saturated heterocycles. The van der Waals surface area contributed by atoms with E-state index in [2.05, 4.69) is 42.1 Å². The molecule has 2 rings (SSSR count). The highest BCUT2D eigenvalue weighted by Crippen LogP contribution is 2.43. The number of aromatic nitrogens is 2. The van der Waals surface area contributed by atoms with E-state index in [9.17, 15) is 0 Å². The van der Waals surface area contributed by atoms with Gasteiger partial charge in [0.2, 0.25) is 0 Å². The van der Waals surface area contributed by atoms with Gasteiger partial charge in [0.1, 0.15) is 0 Å². The van der Waals surface area contributed by atoms with E-state index in [1.807, 2.05) is 0 Å². The first kappa shape index (κ1) is 13.6. The number of hydrogen-bond donors (Lipinski definition) is 1. The van der Waals surface area contributed by atoms with E-state index in [0.717, 1.165) is 19.0 Å². The van der Waals surface area contributed by atoms with Crippen LogP contribution >= 0.6 is 0 Å². The zero-order valence-corrected chi connectivity index (χ0v) is 12.1. The van der Waals surface area contributed by atoms with E-state index in [0.29, 0.717) is 6.04 Å². The molecule has 1 fully saturated rings. The van der Waals surface area contributed by atoms with Crippen molar-refractivity contribution in [2.45, 2.75) is 71.4 Å². The first-order valence-corrected chi connectivity index (χ1v) is 7.58. The van der Waals surface area contributed by atoms with Gasteiger partial charge in [-0.05, 0) is 38.6 Å². The van der Waals surface area contributed by atoms with Crippen LogP contribution in [0.2, 0.25) is 0 Å². The van der Waals surface area contributed by atoms with Crippen molar-refractivity contribution in [3.63, 3.8) is 0 Å². The number of nitrogens with one attached hydrogen (secondary N) is 1. The van der Waals surface area contributed by atoms with Gasteiger partial charge in [-0.3, -0.25) is 4.68 Å². The topological polar surface area (TPSA) is 29.9 Å². The number of hydrogen-bond acceptors (Lipinski definition) is 2. The van der Waals surface area contributed by atoms with Crippen molar-refractivity contribution < 1.29 is 0 Å². The van der Waals surface area contributed by atoms with Crippen molar-refractivity contribution in [2.24, 2.45) is 0 Å². The van der Waals surface area contributed by atoms with Crippen LogP contribution in [-0.2, 0) is 6.54 Å². The van der Waals surface area contributed by atoms with Gasteiger partial charge < -0.3 is 5.32 Å². The fraction of sp³-hybridized carbons (Fsp3) is 0.800. The summed E-state index contributed by atoms with van der Waals surface area (Å²) < 4.78 is 2.32. The standard InChI is InChI=1S/C15H27N3/c1-4-9-16-10-13-11-17-18(14(5-2)6-3)15(13)12-7-8-12/h11-12,14,16H,4-10H2,1-3H3. The van der Waals surface area contributed by atoms with Crippen molar-refractivity contribution >= 4 is 0 Å². The Balaban J connectivity index is 2.14. The molecule has 3 nitrogen and oxygen atoms in total. The quantitative estimate of drug-likeness (QED) is 0.713. The molecule has 1 heterocycles. The molecule has 0 atom stereocenters. The van der Waals surface area contributed by atoms with Gasteiger partial charge in [-0.2, -0.15) is 5.10 Å². The third-order valence-electron chi connectivity index (χ3n) is 3.91. The summed E-state index contributed by atoms with van der Waals surface area (Å²) in [5, 5.41) is 8.18. The zero-order valence-electron chi connectivity index (χ0n) is 12.1. The minimum absolute atomic E-state index is 0.584. The van der Waals surface area contributed by atoms with Gasteiger partial charge in [0.05, 0.1) is 12.2 Å². The Morgan fingerprint density at radius 3 is 2.61 bits per heavy atom. The maximum absolute atomic E-state index is 4.67. The van der Waals surface area contributed by atoms with Crippen molar-refractivity contribution in [1.82, 2.24) is 15.1 Å². The lowest BCUT2D eigenvalue weighted by atomic mass is 10.1. The lowest BCUT2D eigenvalue weighted by molar-refractivity contribution is 0.413. The normalized spacial score (nSPS) is 15.6.